The van der Waals surface area contributed by atoms with Gasteiger partial charge in [-0.1, -0.05) is 0 Å². The van der Waals surface area contributed by atoms with Crippen molar-refractivity contribution < 1.29 is 13.2 Å². The van der Waals surface area contributed by atoms with Crippen LogP contribution in [0.4, 0.5) is 30.6 Å². The van der Waals surface area contributed by atoms with Crippen LogP contribution in [0.5, 0.6) is 0 Å². The van der Waals surface area contributed by atoms with Gasteiger partial charge in [0.05, 0.1) is 17.6 Å². The summed E-state index contributed by atoms with van der Waals surface area (Å²) >= 11 is 0. The SMILES string of the molecule is CNc1nc(Nc2cn(CC(F)(F)F)nc2C)ncc1C#N. The molecule has 10 heteroatoms. The first-order valence-electron chi connectivity index (χ1n) is 6.15. The molecule has 0 fully saturated rings. The smallest absolute Gasteiger partial charge is 0.372 e. The van der Waals surface area contributed by atoms with E-state index in [1.165, 1.54) is 12.4 Å². The molecule has 2 aromatic rings. The number of nitrogens with zero attached hydrogens (tertiary/aromatic N) is 5. The maximum atomic E-state index is 12.3. The third kappa shape index (κ3) is 3.63. The van der Waals surface area contributed by atoms with Crippen LogP contribution in [0.25, 0.3) is 0 Å². The van der Waals surface area contributed by atoms with E-state index in [-0.39, 0.29) is 11.5 Å². The number of nitriles is 1. The van der Waals surface area contributed by atoms with Crippen molar-refractivity contribution in [1.82, 2.24) is 19.7 Å². The van der Waals surface area contributed by atoms with Gasteiger partial charge in [-0.25, -0.2) is 4.98 Å². The van der Waals surface area contributed by atoms with Crippen LogP contribution in [-0.2, 0) is 6.54 Å². The highest BCUT2D eigenvalue weighted by Gasteiger charge is 2.28. The summed E-state index contributed by atoms with van der Waals surface area (Å²) in [7, 11) is 1.60. The van der Waals surface area contributed by atoms with E-state index < -0.39 is 12.7 Å². The van der Waals surface area contributed by atoms with Gasteiger partial charge in [-0.15, -0.1) is 0 Å². The van der Waals surface area contributed by atoms with E-state index >= 15 is 0 Å². The summed E-state index contributed by atoms with van der Waals surface area (Å²) in [5.74, 6) is 0.471. The minimum Gasteiger partial charge on any atom is -0.372 e. The predicted octanol–water partition coefficient (Wildman–Crippen LogP) is 2.20. The number of aryl methyl sites for hydroxylation is 1. The van der Waals surface area contributed by atoms with Gasteiger partial charge in [0.2, 0.25) is 5.95 Å². The van der Waals surface area contributed by atoms with E-state index in [4.69, 9.17) is 5.26 Å². The van der Waals surface area contributed by atoms with E-state index in [1.54, 1.807) is 14.0 Å². The van der Waals surface area contributed by atoms with Gasteiger partial charge in [0, 0.05) is 13.2 Å². The summed E-state index contributed by atoms with van der Waals surface area (Å²) in [6.07, 6.45) is -1.81. The van der Waals surface area contributed by atoms with Crippen molar-refractivity contribution in [3.05, 3.63) is 23.7 Å². The molecule has 2 heterocycles. The van der Waals surface area contributed by atoms with Crippen LogP contribution < -0.4 is 10.6 Å². The Hall–Kier alpha value is -2.83. The van der Waals surface area contributed by atoms with Crippen molar-refractivity contribution >= 4 is 17.5 Å². The molecule has 0 bridgehead atoms. The first-order valence-corrected chi connectivity index (χ1v) is 6.15. The molecule has 0 amide bonds. The molecule has 2 N–H and O–H groups in total. The Kier molecular flexibility index (Phi) is 4.16. The second-order valence-electron chi connectivity index (χ2n) is 4.38. The van der Waals surface area contributed by atoms with Crippen LogP contribution in [0.15, 0.2) is 12.4 Å². The second-order valence-corrected chi connectivity index (χ2v) is 4.38. The maximum absolute atomic E-state index is 12.3. The first kappa shape index (κ1) is 15.6. The zero-order valence-electron chi connectivity index (χ0n) is 11.7. The number of aromatic nitrogens is 4. The van der Waals surface area contributed by atoms with Gasteiger partial charge in [-0.3, -0.25) is 4.68 Å². The molecule has 116 valence electrons. The molecule has 0 unspecified atom stereocenters. The third-order valence-electron chi connectivity index (χ3n) is 2.68. The van der Waals surface area contributed by atoms with Crippen LogP contribution >= 0.6 is 0 Å². The highest BCUT2D eigenvalue weighted by Crippen LogP contribution is 2.22. The molecule has 0 saturated heterocycles. The highest BCUT2D eigenvalue weighted by atomic mass is 19.4. The van der Waals surface area contributed by atoms with Gasteiger partial charge < -0.3 is 10.6 Å². The molecular weight excluding hydrogens is 299 g/mol. The topological polar surface area (TPSA) is 91.4 Å². The number of hydrogen-bond donors (Lipinski definition) is 2. The number of rotatable bonds is 4. The molecule has 2 aromatic heterocycles. The summed E-state index contributed by atoms with van der Waals surface area (Å²) < 4.78 is 37.8. The zero-order chi connectivity index (χ0) is 16.3. The number of anilines is 3. The van der Waals surface area contributed by atoms with Crippen LogP contribution in [0.2, 0.25) is 0 Å². The number of hydrogen-bond acceptors (Lipinski definition) is 6. The number of halogens is 3. The Morgan fingerprint density at radius 2 is 2.14 bits per heavy atom. The molecule has 0 aliphatic carbocycles. The van der Waals surface area contributed by atoms with Crippen molar-refractivity contribution in [3.8, 4) is 6.07 Å². The van der Waals surface area contributed by atoms with E-state index in [0.717, 1.165) is 4.68 Å². The van der Waals surface area contributed by atoms with Crippen molar-refractivity contribution in [1.29, 1.82) is 5.26 Å². The fourth-order valence-electron chi connectivity index (χ4n) is 1.74. The molecule has 0 aromatic carbocycles. The Labute approximate surface area is 123 Å². The van der Waals surface area contributed by atoms with Gasteiger partial charge in [-0.2, -0.15) is 28.5 Å². The molecule has 0 spiro atoms. The summed E-state index contributed by atoms with van der Waals surface area (Å²) in [4.78, 5) is 8.00. The summed E-state index contributed by atoms with van der Waals surface area (Å²) in [5.41, 5.74) is 0.997. The van der Waals surface area contributed by atoms with Gasteiger partial charge in [-0.05, 0) is 6.92 Å². The third-order valence-corrected chi connectivity index (χ3v) is 2.68. The zero-order valence-corrected chi connectivity index (χ0v) is 11.7. The van der Waals surface area contributed by atoms with Gasteiger partial charge in [0.1, 0.15) is 24.0 Å². The van der Waals surface area contributed by atoms with Crippen LogP contribution in [0.3, 0.4) is 0 Å². The molecule has 0 saturated carbocycles. The largest absolute Gasteiger partial charge is 0.408 e. The fourth-order valence-corrected chi connectivity index (χ4v) is 1.74. The number of nitrogens with one attached hydrogen (secondary N) is 2. The minimum atomic E-state index is -4.35. The average molecular weight is 311 g/mol. The number of alkyl halides is 3. The quantitative estimate of drug-likeness (QED) is 0.899. The molecule has 0 atom stereocenters. The van der Waals surface area contributed by atoms with Crippen molar-refractivity contribution in [2.75, 3.05) is 17.7 Å². The van der Waals surface area contributed by atoms with Gasteiger partial charge >= 0.3 is 6.18 Å². The molecule has 7 nitrogen and oxygen atoms in total. The molecule has 0 aliphatic rings. The van der Waals surface area contributed by atoms with Crippen molar-refractivity contribution in [2.45, 2.75) is 19.6 Å². The van der Waals surface area contributed by atoms with E-state index in [9.17, 15) is 13.2 Å². The maximum Gasteiger partial charge on any atom is 0.408 e. The van der Waals surface area contributed by atoms with Crippen LogP contribution in [0, 0.1) is 18.3 Å². The van der Waals surface area contributed by atoms with Crippen molar-refractivity contribution in [2.24, 2.45) is 0 Å². The van der Waals surface area contributed by atoms with E-state index in [1.807, 2.05) is 6.07 Å². The lowest BCUT2D eigenvalue weighted by atomic mass is 10.3. The van der Waals surface area contributed by atoms with E-state index in [2.05, 4.69) is 25.7 Å². The molecular formula is C12H12F3N7. The fraction of sp³-hybridized carbons (Fsp3) is 0.333. The first-order chi connectivity index (χ1) is 10.3. The standard InChI is InChI=1S/C12H12F3N7/c1-7-9(5-22(21-7)6-12(13,14)15)19-11-18-4-8(3-16)10(17-2)20-11/h4-5H,6H2,1-2H3,(H2,17,18,19,20). The van der Waals surface area contributed by atoms with E-state index in [0.29, 0.717) is 17.2 Å². The van der Waals surface area contributed by atoms with Crippen LogP contribution in [-0.4, -0.2) is 33.0 Å². The minimum absolute atomic E-state index is 0.151. The molecule has 22 heavy (non-hydrogen) atoms. The lowest BCUT2D eigenvalue weighted by molar-refractivity contribution is -0.142. The molecule has 0 aliphatic heterocycles. The van der Waals surface area contributed by atoms with Gasteiger partial charge in [0.25, 0.3) is 0 Å². The van der Waals surface area contributed by atoms with Crippen LogP contribution in [0.1, 0.15) is 11.3 Å². The Morgan fingerprint density at radius 3 is 2.73 bits per heavy atom. The van der Waals surface area contributed by atoms with Crippen molar-refractivity contribution in [3.63, 3.8) is 0 Å². The molecule has 2 rings (SSSR count). The average Bonchev–Trinajstić information content (AvgIpc) is 2.76. The lowest BCUT2D eigenvalue weighted by Crippen LogP contribution is -2.17. The Bertz CT molecular complexity index is 714. The normalized spacial score (nSPS) is 11.1. The Morgan fingerprint density at radius 1 is 1.41 bits per heavy atom. The second kappa shape index (κ2) is 5.88. The summed E-state index contributed by atoms with van der Waals surface area (Å²) in [5, 5.41) is 18.2. The molecule has 0 radical (unpaired) electrons. The summed E-state index contributed by atoms with van der Waals surface area (Å²) in [6, 6.07) is 1.92. The van der Waals surface area contributed by atoms with Gasteiger partial charge in [0.15, 0.2) is 0 Å². The highest BCUT2D eigenvalue weighted by molar-refractivity contribution is 5.59. The summed E-state index contributed by atoms with van der Waals surface area (Å²) in [6.45, 7) is 0.392. The predicted molar refractivity (Wildman–Crippen MR) is 72.6 cm³/mol. The lowest BCUT2D eigenvalue weighted by Gasteiger charge is -2.06. The Balaban J connectivity index is 2.23. The monoisotopic (exact) mass is 311 g/mol.